The van der Waals surface area contributed by atoms with Crippen molar-refractivity contribution >= 4 is 6.26 Å². The van der Waals surface area contributed by atoms with Crippen LogP contribution in [0, 0.1) is 0 Å². The maximum absolute atomic E-state index is 10.4. The zero-order chi connectivity index (χ0) is 9.61. The molecule has 0 aliphatic carbocycles. The molecule has 0 spiro atoms. The Morgan fingerprint density at radius 1 is 1.44 bits per heavy atom. The molecule has 0 aromatic rings. The van der Waals surface area contributed by atoms with Crippen LogP contribution in [0.25, 0.3) is 0 Å². The molecule has 0 saturated heterocycles. The van der Waals surface area contributed by atoms with Crippen molar-refractivity contribution in [2.45, 2.75) is 45.4 Å². The standard InChI is InChI=1S/C8H16O/c1-2-3-4-5-6-7-8-9/h8H,2-7H2,1H3/i7D2,8D. The lowest BCUT2D eigenvalue weighted by molar-refractivity contribution is -0.107. The van der Waals surface area contributed by atoms with Crippen LogP contribution in [0.3, 0.4) is 0 Å². The van der Waals surface area contributed by atoms with Crippen molar-refractivity contribution in [2.75, 3.05) is 0 Å². The van der Waals surface area contributed by atoms with Crippen molar-refractivity contribution in [1.82, 2.24) is 0 Å². The lowest BCUT2D eigenvalue weighted by Crippen LogP contribution is -1.78. The monoisotopic (exact) mass is 131 g/mol. The minimum absolute atomic E-state index is 0.190. The van der Waals surface area contributed by atoms with E-state index in [4.69, 9.17) is 4.11 Å². The van der Waals surface area contributed by atoms with Crippen LogP contribution in [0.2, 0.25) is 0 Å². The molecule has 0 bridgehead atoms. The Balaban J connectivity index is 3.54. The smallest absolute Gasteiger partial charge is 0.119 e. The van der Waals surface area contributed by atoms with Crippen molar-refractivity contribution < 1.29 is 8.91 Å². The summed E-state index contributed by atoms with van der Waals surface area (Å²) in [4.78, 5) is 10.4. The van der Waals surface area contributed by atoms with E-state index >= 15 is 0 Å². The number of aldehydes is 1. The van der Waals surface area contributed by atoms with Crippen LogP contribution in [0.5, 0.6) is 0 Å². The highest BCUT2D eigenvalue weighted by Gasteiger charge is 1.85. The van der Waals surface area contributed by atoms with Gasteiger partial charge in [0, 0.05) is 9.11 Å². The third-order valence-corrected chi connectivity index (χ3v) is 1.23. The molecule has 0 unspecified atom stereocenters. The van der Waals surface area contributed by atoms with Crippen LogP contribution in [-0.2, 0) is 4.79 Å². The van der Waals surface area contributed by atoms with Gasteiger partial charge in [-0.05, 0) is 6.42 Å². The van der Waals surface area contributed by atoms with Gasteiger partial charge in [-0.3, -0.25) is 0 Å². The summed E-state index contributed by atoms with van der Waals surface area (Å²) in [5, 5.41) is 0. The molecule has 0 heterocycles. The van der Waals surface area contributed by atoms with E-state index in [9.17, 15) is 4.79 Å². The highest BCUT2D eigenvalue weighted by molar-refractivity contribution is 5.48. The van der Waals surface area contributed by atoms with E-state index in [2.05, 4.69) is 6.92 Å². The van der Waals surface area contributed by atoms with Gasteiger partial charge in [0.1, 0.15) is 7.63 Å². The SMILES string of the molecule is [2H]C(=O)C([2H])([2H])CCCCCC. The molecule has 0 saturated carbocycles. The van der Waals surface area contributed by atoms with Crippen molar-refractivity contribution in [3.63, 3.8) is 0 Å². The second kappa shape index (κ2) is 7.67. The van der Waals surface area contributed by atoms with Gasteiger partial charge in [-0.1, -0.05) is 32.6 Å². The maximum atomic E-state index is 10.4. The Morgan fingerprint density at radius 3 is 2.67 bits per heavy atom. The Hall–Kier alpha value is -0.330. The quantitative estimate of drug-likeness (QED) is 0.400. The molecule has 0 radical (unpaired) electrons. The first kappa shape index (κ1) is 4.48. The van der Waals surface area contributed by atoms with E-state index in [1.54, 1.807) is 0 Å². The fourth-order valence-corrected chi connectivity index (χ4v) is 0.691. The fraction of sp³-hybridized carbons (Fsp3) is 0.875. The topological polar surface area (TPSA) is 17.1 Å². The molecule has 0 aromatic carbocycles. The average molecular weight is 131 g/mol. The Morgan fingerprint density at radius 2 is 2.11 bits per heavy atom. The number of carbonyl (C=O) groups is 1. The van der Waals surface area contributed by atoms with Crippen LogP contribution in [0.4, 0.5) is 0 Å². The van der Waals surface area contributed by atoms with Crippen molar-refractivity contribution in [3.05, 3.63) is 0 Å². The van der Waals surface area contributed by atoms with E-state index < -0.39 is 12.6 Å². The molecule has 0 aliphatic heterocycles. The number of hydrogen-bond acceptors (Lipinski definition) is 1. The Labute approximate surface area is 61.7 Å². The van der Waals surface area contributed by atoms with Gasteiger partial charge >= 0.3 is 0 Å². The molecular weight excluding hydrogens is 112 g/mol. The normalized spacial score (nSPS) is 15.9. The molecule has 0 rings (SSSR count). The molecule has 0 N–H and O–H groups in total. The number of rotatable bonds is 6. The lowest BCUT2D eigenvalue weighted by Gasteiger charge is -1.93. The second-order valence-corrected chi connectivity index (χ2v) is 2.09. The number of unbranched alkanes of at least 4 members (excludes halogenated alkanes) is 3. The molecule has 0 amide bonds. The van der Waals surface area contributed by atoms with E-state index in [1.807, 2.05) is 0 Å². The summed E-state index contributed by atoms with van der Waals surface area (Å²) in [5.74, 6) is 0. The molecule has 0 aromatic heterocycles. The Bertz CT molecular complexity index is 145. The molecular formula is C8H16O. The zero-order valence-corrected chi connectivity index (χ0v) is 5.94. The van der Waals surface area contributed by atoms with E-state index in [0.717, 1.165) is 19.3 Å². The summed E-state index contributed by atoms with van der Waals surface area (Å²) >= 11 is 0. The van der Waals surface area contributed by atoms with E-state index in [-0.39, 0.29) is 6.42 Å². The Kier molecular flexibility index (Phi) is 3.82. The summed E-state index contributed by atoms with van der Waals surface area (Å²) in [6, 6.07) is 0. The van der Waals surface area contributed by atoms with Gasteiger partial charge in [0.2, 0.25) is 0 Å². The summed E-state index contributed by atoms with van der Waals surface area (Å²) < 4.78 is 20.9. The molecule has 9 heavy (non-hydrogen) atoms. The van der Waals surface area contributed by atoms with Crippen LogP contribution in [-0.4, -0.2) is 6.26 Å². The largest absolute Gasteiger partial charge is 0.303 e. The maximum Gasteiger partial charge on any atom is 0.119 e. The number of hydrogen-bond donors (Lipinski definition) is 0. The fourth-order valence-electron chi connectivity index (χ4n) is 0.691. The summed E-state index contributed by atoms with van der Waals surface area (Å²) in [5.41, 5.74) is 0. The zero-order valence-electron chi connectivity index (χ0n) is 8.94. The minimum atomic E-state index is -1.92. The summed E-state index contributed by atoms with van der Waals surface area (Å²) in [6.07, 6.45) is 0.983. The van der Waals surface area contributed by atoms with Gasteiger partial charge in [0.05, 0.1) is 0 Å². The van der Waals surface area contributed by atoms with Crippen LogP contribution in [0.1, 0.15) is 49.5 Å². The van der Waals surface area contributed by atoms with Gasteiger partial charge in [-0.2, -0.15) is 0 Å². The van der Waals surface area contributed by atoms with E-state index in [1.165, 1.54) is 0 Å². The van der Waals surface area contributed by atoms with Crippen LogP contribution < -0.4 is 0 Å². The second-order valence-electron chi connectivity index (χ2n) is 2.09. The highest BCUT2D eigenvalue weighted by atomic mass is 16.1. The first-order valence-electron chi connectivity index (χ1n) is 5.01. The van der Waals surface area contributed by atoms with Gasteiger partial charge < -0.3 is 4.79 Å². The molecule has 1 heteroatoms. The van der Waals surface area contributed by atoms with Crippen molar-refractivity contribution in [2.24, 2.45) is 0 Å². The highest BCUT2D eigenvalue weighted by Crippen LogP contribution is 2.02. The summed E-state index contributed by atoms with van der Waals surface area (Å²) in [6.45, 7) is 2.07. The third-order valence-electron chi connectivity index (χ3n) is 1.23. The van der Waals surface area contributed by atoms with Crippen molar-refractivity contribution in [3.8, 4) is 0 Å². The third kappa shape index (κ3) is 7.67. The first-order valence-corrected chi connectivity index (χ1v) is 3.51. The first-order chi connectivity index (χ1) is 5.50. The molecule has 0 fully saturated rings. The van der Waals surface area contributed by atoms with Gasteiger partial charge in [0.25, 0.3) is 0 Å². The molecule has 0 atom stereocenters. The lowest BCUT2D eigenvalue weighted by atomic mass is 10.1. The molecule has 1 nitrogen and oxygen atoms in total. The molecule has 54 valence electrons. The van der Waals surface area contributed by atoms with Gasteiger partial charge in [-0.15, -0.1) is 0 Å². The predicted octanol–water partition coefficient (Wildman–Crippen LogP) is 2.55. The number of carbonyl (C=O) groups excluding carboxylic acids is 1. The average Bonchev–Trinajstić information content (AvgIpc) is 1.98. The van der Waals surface area contributed by atoms with Gasteiger partial charge in [0.15, 0.2) is 0 Å². The van der Waals surface area contributed by atoms with Crippen molar-refractivity contribution in [1.29, 1.82) is 0 Å². The van der Waals surface area contributed by atoms with E-state index in [0.29, 0.717) is 6.42 Å². The summed E-state index contributed by atoms with van der Waals surface area (Å²) in [7, 11) is 0. The van der Waals surface area contributed by atoms with Crippen LogP contribution in [0.15, 0.2) is 0 Å². The van der Waals surface area contributed by atoms with Crippen LogP contribution >= 0.6 is 0 Å². The van der Waals surface area contributed by atoms with Gasteiger partial charge in [-0.25, -0.2) is 0 Å². The molecule has 0 aliphatic rings. The minimum Gasteiger partial charge on any atom is -0.303 e. The predicted molar refractivity (Wildman–Crippen MR) is 39.4 cm³/mol.